The van der Waals surface area contributed by atoms with Crippen molar-refractivity contribution in [3.05, 3.63) is 41.5 Å². The van der Waals surface area contributed by atoms with Crippen molar-refractivity contribution >= 4 is 23.4 Å². The molecule has 5 heteroatoms. The summed E-state index contributed by atoms with van der Waals surface area (Å²) >= 11 is 0. The minimum absolute atomic E-state index is 0.170. The van der Waals surface area contributed by atoms with Crippen LogP contribution in [-0.4, -0.2) is 36.2 Å². The molecule has 1 saturated carbocycles. The van der Waals surface area contributed by atoms with Crippen molar-refractivity contribution in [3.63, 3.8) is 0 Å². The van der Waals surface area contributed by atoms with Crippen LogP contribution in [0.2, 0.25) is 0 Å². The zero-order valence-corrected chi connectivity index (χ0v) is 14.7. The molecule has 0 spiro atoms. The number of carbonyl (C=O) groups is 3. The number of hydrogen-bond donors (Lipinski definition) is 0. The van der Waals surface area contributed by atoms with Crippen LogP contribution in [0.4, 0.5) is 5.69 Å². The number of fused-ring (bicyclic) bond motifs is 5. The van der Waals surface area contributed by atoms with E-state index in [1.54, 1.807) is 7.05 Å². The van der Waals surface area contributed by atoms with Crippen molar-refractivity contribution < 1.29 is 14.4 Å². The quantitative estimate of drug-likeness (QED) is 0.626. The van der Waals surface area contributed by atoms with Crippen LogP contribution in [0.15, 0.2) is 30.4 Å². The molecule has 4 atom stereocenters. The average Bonchev–Trinajstić information content (AvgIpc) is 3.23. The summed E-state index contributed by atoms with van der Waals surface area (Å²) in [7, 11) is 1.69. The molecule has 4 unspecified atom stereocenters. The number of anilines is 1. The third-order valence-corrected chi connectivity index (χ3v) is 5.82. The summed E-state index contributed by atoms with van der Waals surface area (Å²) in [5.74, 6) is -0.744. The van der Waals surface area contributed by atoms with E-state index in [4.69, 9.17) is 0 Å². The predicted molar refractivity (Wildman–Crippen MR) is 93.8 cm³/mol. The van der Waals surface area contributed by atoms with Gasteiger partial charge in [0, 0.05) is 12.7 Å². The summed E-state index contributed by atoms with van der Waals surface area (Å²) in [6.45, 7) is 3.78. The molecule has 0 N–H and O–H groups in total. The van der Waals surface area contributed by atoms with E-state index in [-0.39, 0.29) is 47.9 Å². The molecule has 1 aromatic carbocycles. The van der Waals surface area contributed by atoms with Gasteiger partial charge >= 0.3 is 0 Å². The molecule has 2 bridgehead atoms. The number of allylic oxidation sites excluding steroid dienone is 2. The number of likely N-dealkylation sites (N-methyl/N-ethyl adjacent to an activating group) is 1. The van der Waals surface area contributed by atoms with Gasteiger partial charge < -0.3 is 4.90 Å². The van der Waals surface area contributed by atoms with Gasteiger partial charge in [0.1, 0.15) is 6.54 Å². The Morgan fingerprint density at radius 3 is 2.08 bits per heavy atom. The Bertz CT molecular complexity index is 763. The number of aryl methyl sites for hydroxylation is 2. The van der Waals surface area contributed by atoms with E-state index in [9.17, 15) is 14.4 Å². The molecule has 1 aromatic rings. The van der Waals surface area contributed by atoms with Gasteiger partial charge in [-0.1, -0.05) is 18.2 Å². The molecular weight excluding hydrogens is 316 g/mol. The first-order valence-electron chi connectivity index (χ1n) is 8.75. The first-order valence-corrected chi connectivity index (χ1v) is 8.75. The Kier molecular flexibility index (Phi) is 3.56. The topological polar surface area (TPSA) is 57.7 Å². The molecule has 2 aliphatic carbocycles. The van der Waals surface area contributed by atoms with Gasteiger partial charge in [-0.15, -0.1) is 0 Å². The highest BCUT2D eigenvalue weighted by Crippen LogP contribution is 2.52. The maximum absolute atomic E-state index is 12.7. The van der Waals surface area contributed by atoms with Crippen LogP contribution in [0, 0.1) is 37.5 Å². The molecule has 5 nitrogen and oxygen atoms in total. The van der Waals surface area contributed by atoms with Crippen molar-refractivity contribution in [1.29, 1.82) is 0 Å². The largest absolute Gasteiger partial charge is 0.314 e. The summed E-state index contributed by atoms with van der Waals surface area (Å²) in [5.41, 5.74) is 2.92. The van der Waals surface area contributed by atoms with Crippen molar-refractivity contribution in [2.75, 3.05) is 18.5 Å². The van der Waals surface area contributed by atoms with Crippen LogP contribution >= 0.6 is 0 Å². The number of nitrogens with zero attached hydrogens (tertiary/aromatic N) is 2. The van der Waals surface area contributed by atoms with Crippen LogP contribution in [0.5, 0.6) is 0 Å². The highest BCUT2D eigenvalue weighted by Gasteiger charge is 2.59. The van der Waals surface area contributed by atoms with Crippen molar-refractivity contribution in [2.45, 2.75) is 20.3 Å². The average molecular weight is 338 g/mol. The Balaban J connectivity index is 1.51. The van der Waals surface area contributed by atoms with Gasteiger partial charge in [-0.3, -0.25) is 19.3 Å². The van der Waals surface area contributed by atoms with E-state index in [1.807, 2.05) is 32.0 Å². The Labute approximate surface area is 147 Å². The molecule has 3 amide bonds. The van der Waals surface area contributed by atoms with E-state index in [0.717, 1.165) is 23.2 Å². The van der Waals surface area contributed by atoms with Gasteiger partial charge in [-0.2, -0.15) is 0 Å². The molecular formula is C20H22N2O3. The van der Waals surface area contributed by atoms with Crippen LogP contribution in [0.3, 0.4) is 0 Å². The molecule has 4 rings (SSSR count). The predicted octanol–water partition coefficient (Wildman–Crippen LogP) is 2.07. The van der Waals surface area contributed by atoms with Crippen molar-refractivity contribution in [3.8, 4) is 0 Å². The second-order valence-electron chi connectivity index (χ2n) is 7.56. The molecule has 1 heterocycles. The lowest BCUT2D eigenvalue weighted by Crippen LogP contribution is -2.42. The summed E-state index contributed by atoms with van der Waals surface area (Å²) in [5, 5.41) is 0. The molecule has 0 aromatic heterocycles. The number of likely N-dealkylation sites (tertiary alicyclic amines) is 1. The number of imide groups is 1. The Morgan fingerprint density at radius 1 is 1.04 bits per heavy atom. The minimum Gasteiger partial charge on any atom is -0.314 e. The van der Waals surface area contributed by atoms with Crippen molar-refractivity contribution in [2.24, 2.45) is 23.7 Å². The lowest BCUT2D eigenvalue weighted by Gasteiger charge is -2.22. The molecule has 0 radical (unpaired) electrons. The zero-order chi connectivity index (χ0) is 17.9. The second kappa shape index (κ2) is 5.55. The summed E-state index contributed by atoms with van der Waals surface area (Å²) in [6, 6.07) is 5.90. The number of carbonyl (C=O) groups excluding carboxylic acids is 3. The lowest BCUT2D eigenvalue weighted by molar-refractivity contribution is -0.143. The maximum atomic E-state index is 12.7. The third kappa shape index (κ3) is 2.41. The standard InChI is InChI=1S/C20H22N2O3/c1-11-6-12(2)8-15(7-11)21(3)16(23)10-22-19(24)17-13-4-5-14(9-13)18(17)20(22)25/h4-8,13-14,17-18H,9-10H2,1-3H3. The van der Waals surface area contributed by atoms with Crippen molar-refractivity contribution in [1.82, 2.24) is 4.90 Å². The molecule has 1 aliphatic heterocycles. The van der Waals surface area contributed by atoms with E-state index >= 15 is 0 Å². The second-order valence-corrected chi connectivity index (χ2v) is 7.56. The molecule has 1 saturated heterocycles. The van der Waals surface area contributed by atoms with E-state index in [0.29, 0.717) is 0 Å². The van der Waals surface area contributed by atoms with E-state index in [1.165, 1.54) is 9.80 Å². The number of benzene rings is 1. The highest BCUT2D eigenvalue weighted by molar-refractivity contribution is 6.09. The minimum atomic E-state index is -0.248. The molecule has 25 heavy (non-hydrogen) atoms. The van der Waals surface area contributed by atoms with Gasteiger partial charge in [-0.05, 0) is 55.4 Å². The smallest absolute Gasteiger partial charge is 0.246 e. The molecule has 2 fully saturated rings. The lowest BCUT2D eigenvalue weighted by atomic mass is 9.85. The number of hydrogen-bond acceptors (Lipinski definition) is 3. The summed E-state index contributed by atoms with van der Waals surface area (Å²) in [6.07, 6.45) is 5.02. The normalized spacial score (nSPS) is 29.5. The fraction of sp³-hybridized carbons (Fsp3) is 0.450. The van der Waals surface area contributed by atoms with Crippen LogP contribution < -0.4 is 4.90 Å². The number of amides is 3. The maximum Gasteiger partial charge on any atom is 0.246 e. The Morgan fingerprint density at radius 2 is 1.56 bits per heavy atom. The van der Waals surface area contributed by atoms with E-state index in [2.05, 4.69) is 12.2 Å². The fourth-order valence-electron chi connectivity index (χ4n) is 4.65. The van der Waals surface area contributed by atoms with Gasteiger partial charge in [0.25, 0.3) is 0 Å². The fourth-order valence-corrected chi connectivity index (χ4v) is 4.65. The molecule has 3 aliphatic rings. The van der Waals surface area contributed by atoms with Crippen LogP contribution in [0.1, 0.15) is 17.5 Å². The summed E-state index contributed by atoms with van der Waals surface area (Å²) < 4.78 is 0. The van der Waals surface area contributed by atoms with Gasteiger partial charge in [0.05, 0.1) is 11.8 Å². The van der Waals surface area contributed by atoms with Crippen LogP contribution in [-0.2, 0) is 14.4 Å². The van der Waals surface area contributed by atoms with E-state index < -0.39 is 0 Å². The van der Waals surface area contributed by atoms with Gasteiger partial charge in [-0.25, -0.2) is 0 Å². The first-order chi connectivity index (χ1) is 11.9. The third-order valence-electron chi connectivity index (χ3n) is 5.82. The first kappa shape index (κ1) is 16.1. The molecule has 130 valence electrons. The number of rotatable bonds is 3. The SMILES string of the molecule is Cc1cc(C)cc(N(C)C(=O)CN2C(=O)C3C4C=CC(C4)C3C2=O)c1. The highest BCUT2D eigenvalue weighted by atomic mass is 16.2. The van der Waals surface area contributed by atoms with Crippen LogP contribution in [0.25, 0.3) is 0 Å². The Hall–Kier alpha value is -2.43. The summed E-state index contributed by atoms with van der Waals surface area (Å²) in [4.78, 5) is 40.8. The zero-order valence-electron chi connectivity index (χ0n) is 14.7. The monoisotopic (exact) mass is 338 g/mol. The van der Waals surface area contributed by atoms with Gasteiger partial charge in [0.2, 0.25) is 17.7 Å². The van der Waals surface area contributed by atoms with Gasteiger partial charge in [0.15, 0.2) is 0 Å².